The molecule has 0 saturated heterocycles. The van der Waals surface area contributed by atoms with Gasteiger partial charge in [-0.15, -0.1) is 0 Å². The summed E-state index contributed by atoms with van der Waals surface area (Å²) in [5.74, 6) is -2.64. The molecule has 0 saturated carbocycles. The summed E-state index contributed by atoms with van der Waals surface area (Å²) in [4.78, 5) is 23.9. The molecule has 3 N–H and O–H groups in total. The summed E-state index contributed by atoms with van der Waals surface area (Å²) in [7, 11) is 0. The Bertz CT molecular complexity index is 861. The molecule has 1 aliphatic heterocycles. The Morgan fingerprint density at radius 1 is 1.32 bits per heavy atom. The maximum absolute atomic E-state index is 12.6. The van der Waals surface area contributed by atoms with E-state index in [1.54, 1.807) is 0 Å². The lowest BCUT2D eigenvalue weighted by atomic mass is 9.95. The maximum atomic E-state index is 12.6. The number of phenols is 2. The Morgan fingerprint density at radius 2 is 2.00 bits per heavy atom. The van der Waals surface area contributed by atoms with Gasteiger partial charge in [0.15, 0.2) is 16.9 Å². The highest BCUT2D eigenvalue weighted by molar-refractivity contribution is 6.06. The van der Waals surface area contributed by atoms with Crippen LogP contribution in [0.2, 0.25) is 0 Å². The van der Waals surface area contributed by atoms with Gasteiger partial charge in [0.05, 0.1) is 23.2 Å². The number of rotatable bonds is 1. The molecule has 1 aliphatic rings. The zero-order valence-corrected chi connectivity index (χ0v) is 12.0. The summed E-state index contributed by atoms with van der Waals surface area (Å²) in [6, 6.07) is 1.04. The van der Waals surface area contributed by atoms with E-state index in [0.29, 0.717) is 12.2 Å². The molecule has 22 heavy (non-hydrogen) atoms. The van der Waals surface area contributed by atoms with E-state index in [4.69, 9.17) is 9.15 Å². The zero-order valence-electron chi connectivity index (χ0n) is 12.0. The minimum absolute atomic E-state index is 0.00129. The first kappa shape index (κ1) is 14.4. The van der Waals surface area contributed by atoms with Crippen LogP contribution in [0.15, 0.2) is 15.3 Å². The molecular formula is C15H14O7. The highest BCUT2D eigenvalue weighted by Gasteiger charge is 2.32. The van der Waals surface area contributed by atoms with Gasteiger partial charge in [-0.2, -0.15) is 0 Å². The Labute approximate surface area is 124 Å². The topological polar surface area (TPSA) is 117 Å². The SMILES string of the molecule is CC1(C)Cc2oc3cc(O)c(O)c(C(=O)O)c3c(=O)c2CO1. The quantitative estimate of drug-likeness (QED) is 0.687. The third-order valence-corrected chi connectivity index (χ3v) is 3.72. The molecule has 2 heterocycles. The number of hydrogen-bond acceptors (Lipinski definition) is 6. The van der Waals surface area contributed by atoms with Crippen LogP contribution in [0.5, 0.6) is 11.5 Å². The number of aromatic hydroxyl groups is 2. The number of hydrogen-bond donors (Lipinski definition) is 3. The summed E-state index contributed by atoms with van der Waals surface area (Å²) in [5.41, 5.74) is -1.59. The number of fused-ring (bicyclic) bond motifs is 2. The molecule has 116 valence electrons. The number of benzene rings is 1. The van der Waals surface area contributed by atoms with Crippen molar-refractivity contribution < 1.29 is 29.3 Å². The van der Waals surface area contributed by atoms with Crippen molar-refractivity contribution in [1.82, 2.24) is 0 Å². The van der Waals surface area contributed by atoms with E-state index in [9.17, 15) is 24.9 Å². The Hall–Kier alpha value is -2.54. The molecule has 3 rings (SSSR count). The number of carboxylic acids is 1. The summed E-state index contributed by atoms with van der Waals surface area (Å²) in [5, 5.41) is 28.3. The fourth-order valence-electron chi connectivity index (χ4n) is 2.61. The van der Waals surface area contributed by atoms with Crippen LogP contribution in [0.4, 0.5) is 0 Å². The van der Waals surface area contributed by atoms with Crippen molar-refractivity contribution in [3.8, 4) is 11.5 Å². The van der Waals surface area contributed by atoms with Crippen LogP contribution in [0.25, 0.3) is 11.0 Å². The van der Waals surface area contributed by atoms with Crippen LogP contribution < -0.4 is 5.43 Å². The number of aromatic carboxylic acids is 1. The van der Waals surface area contributed by atoms with Crippen LogP contribution in [0.3, 0.4) is 0 Å². The summed E-state index contributed by atoms with van der Waals surface area (Å²) in [6.45, 7) is 3.69. The first-order chi connectivity index (χ1) is 10.2. The van der Waals surface area contributed by atoms with Crippen molar-refractivity contribution in [3.05, 3.63) is 33.2 Å². The number of carboxylic acid groups (broad SMARTS) is 1. The lowest BCUT2D eigenvalue weighted by Crippen LogP contribution is -2.34. The van der Waals surface area contributed by atoms with Crippen LogP contribution >= 0.6 is 0 Å². The first-order valence-electron chi connectivity index (χ1n) is 6.62. The standard InChI is InChI=1S/C15H14O7/c1-15(2)4-9-6(5-21-15)12(17)10-8(22-9)3-7(16)13(18)11(10)14(19)20/h3,16,18H,4-5H2,1-2H3,(H,19,20). The second-order valence-corrected chi connectivity index (χ2v) is 5.86. The van der Waals surface area contributed by atoms with Crippen molar-refractivity contribution in [3.63, 3.8) is 0 Å². The molecule has 0 amide bonds. The molecule has 0 radical (unpaired) electrons. The van der Waals surface area contributed by atoms with Gasteiger partial charge in [0.1, 0.15) is 16.9 Å². The van der Waals surface area contributed by atoms with Gasteiger partial charge in [-0.3, -0.25) is 4.79 Å². The predicted molar refractivity (Wildman–Crippen MR) is 75.3 cm³/mol. The molecule has 0 atom stereocenters. The van der Waals surface area contributed by atoms with Crippen LogP contribution in [-0.4, -0.2) is 26.9 Å². The molecule has 7 heteroatoms. The third kappa shape index (κ3) is 2.01. The van der Waals surface area contributed by atoms with Crippen molar-refractivity contribution in [2.75, 3.05) is 0 Å². The van der Waals surface area contributed by atoms with E-state index in [1.807, 2.05) is 13.8 Å². The van der Waals surface area contributed by atoms with Crippen molar-refractivity contribution in [2.45, 2.75) is 32.5 Å². The van der Waals surface area contributed by atoms with Gasteiger partial charge >= 0.3 is 5.97 Å². The summed E-state index contributed by atoms with van der Waals surface area (Å²) in [6.07, 6.45) is 0.345. The van der Waals surface area contributed by atoms with E-state index >= 15 is 0 Å². The average molecular weight is 306 g/mol. The van der Waals surface area contributed by atoms with Crippen LogP contribution in [0.1, 0.15) is 35.5 Å². The number of carbonyl (C=O) groups is 1. The minimum Gasteiger partial charge on any atom is -0.504 e. The first-order valence-corrected chi connectivity index (χ1v) is 6.62. The average Bonchev–Trinajstić information content (AvgIpc) is 2.39. The largest absolute Gasteiger partial charge is 0.504 e. The smallest absolute Gasteiger partial charge is 0.340 e. The molecule has 0 spiro atoms. The summed E-state index contributed by atoms with van der Waals surface area (Å²) >= 11 is 0. The van der Waals surface area contributed by atoms with Crippen molar-refractivity contribution in [1.29, 1.82) is 0 Å². The second kappa shape index (κ2) is 4.48. The fourth-order valence-corrected chi connectivity index (χ4v) is 2.61. The van der Waals surface area contributed by atoms with Gasteiger partial charge in [-0.25, -0.2) is 4.79 Å². The molecule has 0 unspecified atom stereocenters. The van der Waals surface area contributed by atoms with Gasteiger partial charge in [-0.05, 0) is 13.8 Å². The van der Waals surface area contributed by atoms with Crippen LogP contribution in [0, 0.1) is 0 Å². The molecule has 0 bridgehead atoms. The Balaban J connectivity index is 2.42. The van der Waals surface area contributed by atoms with Gasteiger partial charge < -0.3 is 24.5 Å². The molecule has 0 fully saturated rings. The molecule has 1 aromatic heterocycles. The Morgan fingerprint density at radius 3 is 2.64 bits per heavy atom. The minimum atomic E-state index is -1.53. The van der Waals surface area contributed by atoms with Gasteiger partial charge in [0.25, 0.3) is 0 Å². The summed E-state index contributed by atoms with van der Waals surface area (Å²) < 4.78 is 11.2. The number of phenolic OH excluding ortho intramolecular Hbond substituents is 1. The normalized spacial score (nSPS) is 16.5. The van der Waals surface area contributed by atoms with Gasteiger partial charge in [0, 0.05) is 12.5 Å². The zero-order chi connectivity index (χ0) is 16.2. The lowest BCUT2D eigenvalue weighted by molar-refractivity contribution is -0.0461. The predicted octanol–water partition coefficient (Wildman–Crippen LogP) is 1.75. The maximum Gasteiger partial charge on any atom is 0.340 e. The second-order valence-electron chi connectivity index (χ2n) is 5.86. The van der Waals surface area contributed by atoms with Crippen LogP contribution in [-0.2, 0) is 17.8 Å². The van der Waals surface area contributed by atoms with E-state index < -0.39 is 34.1 Å². The van der Waals surface area contributed by atoms with Crippen molar-refractivity contribution in [2.24, 2.45) is 0 Å². The highest BCUT2D eigenvalue weighted by Crippen LogP contribution is 2.36. The monoisotopic (exact) mass is 306 g/mol. The van der Waals surface area contributed by atoms with Crippen molar-refractivity contribution >= 4 is 16.9 Å². The molecular weight excluding hydrogens is 292 g/mol. The molecule has 7 nitrogen and oxygen atoms in total. The number of ether oxygens (including phenoxy) is 1. The lowest BCUT2D eigenvalue weighted by Gasteiger charge is -2.30. The van der Waals surface area contributed by atoms with E-state index in [-0.39, 0.29) is 23.1 Å². The Kier molecular flexibility index (Phi) is 2.93. The van der Waals surface area contributed by atoms with E-state index in [0.717, 1.165) is 6.07 Å². The van der Waals surface area contributed by atoms with E-state index in [2.05, 4.69) is 0 Å². The third-order valence-electron chi connectivity index (χ3n) is 3.72. The molecule has 0 aliphatic carbocycles. The van der Waals surface area contributed by atoms with Gasteiger partial charge in [0.2, 0.25) is 0 Å². The highest BCUT2D eigenvalue weighted by atomic mass is 16.5. The van der Waals surface area contributed by atoms with E-state index in [1.165, 1.54) is 0 Å². The fraction of sp³-hybridized carbons (Fsp3) is 0.333. The molecule has 1 aromatic carbocycles. The molecule has 2 aromatic rings. The van der Waals surface area contributed by atoms with Gasteiger partial charge in [-0.1, -0.05) is 0 Å².